The first kappa shape index (κ1) is 11.5. The van der Waals surface area contributed by atoms with E-state index >= 15 is 0 Å². The number of nitrogens with one attached hydrogen (secondary N) is 1. The Kier molecular flexibility index (Phi) is 3.89. The van der Waals surface area contributed by atoms with Crippen LogP contribution in [0.5, 0.6) is 0 Å². The second-order valence-electron chi connectivity index (χ2n) is 4.39. The van der Waals surface area contributed by atoms with E-state index in [9.17, 15) is 4.79 Å². The lowest BCUT2D eigenvalue weighted by molar-refractivity contribution is -0.125. The Morgan fingerprint density at radius 1 is 1.64 bits per heavy atom. The molecular formula is C10H20N2O2. The van der Waals surface area contributed by atoms with Gasteiger partial charge in [0.25, 0.3) is 0 Å². The van der Waals surface area contributed by atoms with Crippen LogP contribution in [0.4, 0.5) is 0 Å². The minimum absolute atomic E-state index is 0.0102. The fourth-order valence-corrected chi connectivity index (χ4v) is 1.79. The molecule has 1 aliphatic carbocycles. The molecule has 0 unspecified atom stereocenters. The first-order chi connectivity index (χ1) is 6.58. The van der Waals surface area contributed by atoms with Gasteiger partial charge < -0.3 is 16.2 Å². The monoisotopic (exact) mass is 200 g/mol. The van der Waals surface area contributed by atoms with E-state index in [2.05, 4.69) is 5.32 Å². The number of aliphatic hydroxyl groups is 1. The first-order valence-electron chi connectivity index (χ1n) is 5.23. The van der Waals surface area contributed by atoms with Crippen molar-refractivity contribution >= 4 is 5.91 Å². The Morgan fingerprint density at radius 2 is 2.29 bits per heavy atom. The van der Waals surface area contributed by atoms with Crippen LogP contribution in [-0.4, -0.2) is 30.2 Å². The van der Waals surface area contributed by atoms with Crippen molar-refractivity contribution in [3.63, 3.8) is 0 Å². The SMILES string of the molecule is C[C@H](O)CNC(=O)CC1(CN)CCC1. The van der Waals surface area contributed by atoms with Crippen LogP contribution in [0.1, 0.15) is 32.6 Å². The second-order valence-corrected chi connectivity index (χ2v) is 4.39. The zero-order valence-corrected chi connectivity index (χ0v) is 8.75. The molecule has 14 heavy (non-hydrogen) atoms. The third kappa shape index (κ3) is 2.96. The average molecular weight is 200 g/mol. The van der Waals surface area contributed by atoms with Crippen LogP contribution in [-0.2, 0) is 4.79 Å². The summed E-state index contributed by atoms with van der Waals surface area (Å²) in [6.45, 7) is 2.58. The molecule has 1 fully saturated rings. The van der Waals surface area contributed by atoms with Crippen LogP contribution < -0.4 is 11.1 Å². The molecule has 82 valence electrons. The molecule has 4 nitrogen and oxygen atoms in total. The Hall–Kier alpha value is -0.610. The van der Waals surface area contributed by atoms with E-state index in [-0.39, 0.29) is 11.3 Å². The molecule has 0 saturated heterocycles. The summed E-state index contributed by atoms with van der Waals surface area (Å²) in [4.78, 5) is 11.4. The van der Waals surface area contributed by atoms with Crippen molar-refractivity contribution in [2.45, 2.75) is 38.7 Å². The van der Waals surface area contributed by atoms with Gasteiger partial charge in [-0.05, 0) is 31.7 Å². The molecular weight excluding hydrogens is 180 g/mol. The molecule has 0 bridgehead atoms. The molecule has 1 saturated carbocycles. The smallest absolute Gasteiger partial charge is 0.220 e. The summed E-state index contributed by atoms with van der Waals surface area (Å²) in [5.41, 5.74) is 5.70. The minimum atomic E-state index is -0.478. The van der Waals surface area contributed by atoms with Gasteiger partial charge >= 0.3 is 0 Å². The highest BCUT2D eigenvalue weighted by atomic mass is 16.3. The highest BCUT2D eigenvalue weighted by Gasteiger charge is 2.37. The summed E-state index contributed by atoms with van der Waals surface area (Å²) in [5.74, 6) is 0.0102. The van der Waals surface area contributed by atoms with Gasteiger partial charge in [-0.3, -0.25) is 4.79 Å². The van der Waals surface area contributed by atoms with Crippen molar-refractivity contribution < 1.29 is 9.90 Å². The summed E-state index contributed by atoms with van der Waals surface area (Å²) in [5, 5.41) is 11.7. The fourth-order valence-electron chi connectivity index (χ4n) is 1.79. The van der Waals surface area contributed by atoms with Gasteiger partial charge in [0.15, 0.2) is 0 Å². The highest BCUT2D eigenvalue weighted by molar-refractivity contribution is 5.76. The van der Waals surface area contributed by atoms with Crippen molar-refractivity contribution in [2.24, 2.45) is 11.1 Å². The Bertz CT molecular complexity index is 195. The quantitative estimate of drug-likeness (QED) is 0.585. The van der Waals surface area contributed by atoms with Crippen LogP contribution in [0.3, 0.4) is 0 Å². The molecule has 0 spiro atoms. The summed E-state index contributed by atoms with van der Waals surface area (Å²) in [6, 6.07) is 0. The average Bonchev–Trinajstić information content (AvgIpc) is 2.08. The normalized spacial score (nSPS) is 21.1. The number of carbonyl (C=O) groups is 1. The number of hydrogen-bond donors (Lipinski definition) is 3. The van der Waals surface area contributed by atoms with E-state index in [1.807, 2.05) is 0 Å². The van der Waals surface area contributed by atoms with Crippen LogP contribution in [0, 0.1) is 5.41 Å². The molecule has 0 heterocycles. The van der Waals surface area contributed by atoms with Crippen molar-refractivity contribution in [1.82, 2.24) is 5.32 Å². The molecule has 4 N–H and O–H groups in total. The Labute approximate surface area is 84.9 Å². The lowest BCUT2D eigenvalue weighted by Crippen LogP contribution is -2.42. The van der Waals surface area contributed by atoms with Gasteiger partial charge in [-0.1, -0.05) is 6.42 Å². The number of amides is 1. The number of hydrogen-bond acceptors (Lipinski definition) is 3. The Balaban J connectivity index is 2.25. The van der Waals surface area contributed by atoms with Gasteiger partial charge in [0.2, 0.25) is 5.91 Å². The van der Waals surface area contributed by atoms with Crippen molar-refractivity contribution in [3.8, 4) is 0 Å². The van der Waals surface area contributed by atoms with Gasteiger partial charge in [-0.2, -0.15) is 0 Å². The maximum atomic E-state index is 11.4. The topological polar surface area (TPSA) is 75.3 Å². The molecule has 0 aromatic heterocycles. The first-order valence-corrected chi connectivity index (χ1v) is 5.23. The maximum Gasteiger partial charge on any atom is 0.220 e. The third-order valence-corrected chi connectivity index (χ3v) is 2.98. The number of carbonyl (C=O) groups excluding carboxylic acids is 1. The van der Waals surface area contributed by atoms with E-state index in [1.165, 1.54) is 6.42 Å². The highest BCUT2D eigenvalue weighted by Crippen LogP contribution is 2.42. The molecule has 1 amide bonds. The molecule has 0 aromatic rings. The van der Waals surface area contributed by atoms with Crippen molar-refractivity contribution in [3.05, 3.63) is 0 Å². The van der Waals surface area contributed by atoms with Gasteiger partial charge in [0.05, 0.1) is 6.10 Å². The minimum Gasteiger partial charge on any atom is -0.392 e. The standard InChI is InChI=1S/C10H20N2O2/c1-8(13)6-12-9(14)5-10(7-11)3-2-4-10/h8,13H,2-7,11H2,1H3,(H,12,14)/t8-/m0/s1. The lowest BCUT2D eigenvalue weighted by atomic mass is 9.66. The largest absolute Gasteiger partial charge is 0.392 e. The molecule has 1 aliphatic rings. The van der Waals surface area contributed by atoms with E-state index in [0.717, 1.165) is 12.8 Å². The van der Waals surface area contributed by atoms with E-state index in [1.54, 1.807) is 6.92 Å². The summed E-state index contributed by atoms with van der Waals surface area (Å²) < 4.78 is 0. The summed E-state index contributed by atoms with van der Waals surface area (Å²) in [6.07, 6.45) is 3.34. The van der Waals surface area contributed by atoms with E-state index in [4.69, 9.17) is 10.8 Å². The predicted octanol–water partition coefficient (Wildman–Crippen LogP) is 0.00250. The molecule has 0 aromatic carbocycles. The van der Waals surface area contributed by atoms with Gasteiger partial charge in [0.1, 0.15) is 0 Å². The third-order valence-electron chi connectivity index (χ3n) is 2.98. The zero-order chi connectivity index (χ0) is 10.6. The fraction of sp³-hybridized carbons (Fsp3) is 0.900. The molecule has 1 rings (SSSR count). The van der Waals surface area contributed by atoms with Gasteiger partial charge in [-0.15, -0.1) is 0 Å². The number of nitrogens with two attached hydrogens (primary N) is 1. The summed E-state index contributed by atoms with van der Waals surface area (Å²) >= 11 is 0. The molecule has 0 aliphatic heterocycles. The molecule has 4 heteroatoms. The van der Waals surface area contributed by atoms with Crippen LogP contribution in [0.2, 0.25) is 0 Å². The summed E-state index contributed by atoms with van der Waals surface area (Å²) in [7, 11) is 0. The van der Waals surface area contributed by atoms with Gasteiger partial charge in [0, 0.05) is 13.0 Å². The lowest BCUT2D eigenvalue weighted by Gasteiger charge is -2.40. The molecule has 1 atom stereocenters. The molecule has 0 radical (unpaired) electrons. The maximum absolute atomic E-state index is 11.4. The second kappa shape index (κ2) is 4.75. The van der Waals surface area contributed by atoms with Gasteiger partial charge in [-0.25, -0.2) is 0 Å². The van der Waals surface area contributed by atoms with E-state index in [0.29, 0.717) is 19.5 Å². The van der Waals surface area contributed by atoms with E-state index < -0.39 is 6.10 Å². The van der Waals surface area contributed by atoms with Crippen LogP contribution in [0.15, 0.2) is 0 Å². The zero-order valence-electron chi connectivity index (χ0n) is 8.75. The number of aliphatic hydroxyl groups excluding tert-OH is 1. The van der Waals surface area contributed by atoms with Crippen molar-refractivity contribution in [1.29, 1.82) is 0 Å². The predicted molar refractivity (Wildman–Crippen MR) is 54.6 cm³/mol. The Morgan fingerprint density at radius 3 is 2.64 bits per heavy atom. The van der Waals surface area contributed by atoms with Crippen LogP contribution in [0.25, 0.3) is 0 Å². The van der Waals surface area contributed by atoms with Crippen molar-refractivity contribution in [2.75, 3.05) is 13.1 Å². The number of rotatable bonds is 5. The van der Waals surface area contributed by atoms with Crippen LogP contribution >= 0.6 is 0 Å².